The Morgan fingerprint density at radius 3 is 2.35 bits per heavy atom. The van der Waals surface area contributed by atoms with Crippen molar-refractivity contribution in [1.82, 2.24) is 14.9 Å². The first-order valence-electron chi connectivity index (χ1n) is 10.1. The highest BCUT2D eigenvalue weighted by Gasteiger charge is 2.22. The molecule has 1 fully saturated rings. The normalized spacial score (nSPS) is 14.0. The molecule has 0 N–H and O–H groups in total. The van der Waals surface area contributed by atoms with Crippen molar-refractivity contribution in [3.05, 3.63) is 71.5 Å². The molecule has 2 aromatic carbocycles. The third-order valence-electron chi connectivity index (χ3n) is 5.09. The predicted octanol–water partition coefficient (Wildman–Crippen LogP) is 5.03. The van der Waals surface area contributed by atoms with E-state index in [4.69, 9.17) is 11.6 Å². The molecule has 2 heterocycles. The van der Waals surface area contributed by atoms with Crippen molar-refractivity contribution in [2.24, 2.45) is 0 Å². The minimum absolute atomic E-state index is 0.137. The van der Waals surface area contributed by atoms with Crippen molar-refractivity contribution in [2.45, 2.75) is 21.9 Å². The molecule has 0 atom stereocenters. The lowest BCUT2D eigenvalue weighted by Crippen LogP contribution is -2.49. The van der Waals surface area contributed by atoms with Crippen molar-refractivity contribution in [2.75, 3.05) is 36.8 Å². The van der Waals surface area contributed by atoms with Crippen molar-refractivity contribution in [3.8, 4) is 0 Å². The van der Waals surface area contributed by atoms with Gasteiger partial charge in [-0.1, -0.05) is 53.3 Å². The second kappa shape index (κ2) is 10.4. The van der Waals surface area contributed by atoms with E-state index >= 15 is 0 Å². The minimum atomic E-state index is 0.137. The summed E-state index contributed by atoms with van der Waals surface area (Å²) >= 11 is 9.03. The van der Waals surface area contributed by atoms with E-state index in [-0.39, 0.29) is 5.91 Å². The molecule has 4 rings (SSSR count). The third-order valence-corrected chi connectivity index (χ3v) is 7.60. The van der Waals surface area contributed by atoms with Crippen LogP contribution in [0.5, 0.6) is 0 Å². The van der Waals surface area contributed by atoms with Crippen LogP contribution < -0.4 is 4.90 Å². The zero-order valence-electron chi connectivity index (χ0n) is 17.2. The van der Waals surface area contributed by atoms with Crippen LogP contribution in [0.1, 0.15) is 5.56 Å². The molecular weight excluding hydrogens is 448 g/mol. The Morgan fingerprint density at radius 1 is 0.968 bits per heavy atom. The first kappa shape index (κ1) is 22.0. The van der Waals surface area contributed by atoms with E-state index < -0.39 is 0 Å². The van der Waals surface area contributed by atoms with Gasteiger partial charge >= 0.3 is 0 Å². The van der Waals surface area contributed by atoms with Crippen molar-refractivity contribution in [1.29, 1.82) is 0 Å². The highest BCUT2D eigenvalue weighted by molar-refractivity contribution is 8.02. The lowest BCUT2D eigenvalue weighted by atomic mass is 10.2. The number of aryl methyl sites for hydroxylation is 1. The van der Waals surface area contributed by atoms with Crippen LogP contribution in [-0.2, 0) is 4.79 Å². The number of carbonyl (C=O) groups excluding carboxylic acids is 1. The van der Waals surface area contributed by atoms with Gasteiger partial charge in [0.15, 0.2) is 0 Å². The van der Waals surface area contributed by atoms with E-state index in [0.717, 1.165) is 38.7 Å². The summed E-state index contributed by atoms with van der Waals surface area (Å²) in [6, 6.07) is 16.1. The van der Waals surface area contributed by atoms with Crippen molar-refractivity contribution < 1.29 is 4.79 Å². The molecule has 5 nitrogen and oxygen atoms in total. The molecule has 0 radical (unpaired) electrons. The number of amides is 1. The van der Waals surface area contributed by atoms with Gasteiger partial charge in [-0.15, -0.1) is 0 Å². The molecular formula is C23H23ClN4OS2. The molecule has 0 spiro atoms. The van der Waals surface area contributed by atoms with E-state index in [9.17, 15) is 4.79 Å². The lowest BCUT2D eigenvalue weighted by Gasteiger charge is -2.36. The van der Waals surface area contributed by atoms with E-state index in [2.05, 4.69) is 33.9 Å². The first-order valence-corrected chi connectivity index (χ1v) is 12.2. The maximum absolute atomic E-state index is 12.8. The average Bonchev–Trinajstić information content (AvgIpc) is 2.80. The van der Waals surface area contributed by atoms with Gasteiger partial charge in [0.1, 0.15) is 10.1 Å². The fourth-order valence-corrected chi connectivity index (χ4v) is 5.36. The van der Waals surface area contributed by atoms with Crippen molar-refractivity contribution in [3.63, 3.8) is 0 Å². The smallest absolute Gasteiger partial charge is 0.233 e. The van der Waals surface area contributed by atoms with Gasteiger partial charge in [0.25, 0.3) is 0 Å². The van der Waals surface area contributed by atoms with Crippen LogP contribution in [0.15, 0.2) is 75.9 Å². The standard InChI is InChI=1S/C23H23ClN4OS2/c1-17-4-2-3-5-20(17)31-23-22(25-10-11-26-23)30-16-21(29)28-14-12-27(13-15-28)19-8-6-18(24)7-9-19/h2-11H,12-16H2,1H3. The van der Waals surface area contributed by atoms with Gasteiger partial charge in [0.05, 0.1) is 5.75 Å². The summed E-state index contributed by atoms with van der Waals surface area (Å²) in [5.41, 5.74) is 2.34. The molecule has 1 aliphatic heterocycles. The predicted molar refractivity (Wildman–Crippen MR) is 128 cm³/mol. The lowest BCUT2D eigenvalue weighted by molar-refractivity contribution is -0.128. The highest BCUT2D eigenvalue weighted by Crippen LogP contribution is 2.34. The molecule has 160 valence electrons. The molecule has 0 unspecified atom stereocenters. The molecule has 0 aliphatic carbocycles. The number of piperazine rings is 1. The van der Waals surface area contributed by atoms with Crippen LogP contribution >= 0.6 is 35.1 Å². The monoisotopic (exact) mass is 470 g/mol. The maximum Gasteiger partial charge on any atom is 0.233 e. The number of thioether (sulfide) groups is 1. The van der Waals surface area contributed by atoms with Crippen LogP contribution in [-0.4, -0.2) is 52.7 Å². The van der Waals surface area contributed by atoms with Crippen LogP contribution in [0, 0.1) is 6.92 Å². The molecule has 1 aromatic heterocycles. The van der Waals surface area contributed by atoms with Gasteiger partial charge in [0, 0.05) is 54.2 Å². The summed E-state index contributed by atoms with van der Waals surface area (Å²) in [6.45, 7) is 5.15. The summed E-state index contributed by atoms with van der Waals surface area (Å²) in [5, 5.41) is 2.37. The van der Waals surface area contributed by atoms with E-state index in [0.29, 0.717) is 18.8 Å². The van der Waals surface area contributed by atoms with E-state index in [1.165, 1.54) is 17.3 Å². The molecule has 3 aromatic rings. The Bertz CT molecular complexity index is 1040. The van der Waals surface area contributed by atoms with Gasteiger partial charge < -0.3 is 9.80 Å². The number of hydrogen-bond acceptors (Lipinski definition) is 6. The Balaban J connectivity index is 1.32. The molecule has 31 heavy (non-hydrogen) atoms. The molecule has 1 aliphatic rings. The molecule has 0 bridgehead atoms. The quantitative estimate of drug-likeness (QED) is 0.471. The Morgan fingerprint density at radius 2 is 1.65 bits per heavy atom. The number of carbonyl (C=O) groups is 1. The first-order chi connectivity index (χ1) is 15.1. The molecule has 1 amide bonds. The number of hydrogen-bond donors (Lipinski definition) is 0. The highest BCUT2D eigenvalue weighted by atomic mass is 35.5. The van der Waals surface area contributed by atoms with Crippen LogP contribution in [0.3, 0.4) is 0 Å². The van der Waals surface area contributed by atoms with Gasteiger partial charge in [-0.2, -0.15) is 0 Å². The fraction of sp³-hybridized carbons (Fsp3) is 0.261. The second-order valence-electron chi connectivity index (χ2n) is 7.17. The summed E-state index contributed by atoms with van der Waals surface area (Å²) in [7, 11) is 0. The molecule has 1 saturated heterocycles. The van der Waals surface area contributed by atoms with Gasteiger partial charge in [-0.25, -0.2) is 9.97 Å². The van der Waals surface area contributed by atoms with Crippen molar-refractivity contribution >= 4 is 46.7 Å². The fourth-order valence-electron chi connectivity index (χ4n) is 3.34. The van der Waals surface area contributed by atoms with Crippen LogP contribution in [0.4, 0.5) is 5.69 Å². The molecule has 8 heteroatoms. The average molecular weight is 471 g/mol. The third kappa shape index (κ3) is 5.73. The zero-order valence-corrected chi connectivity index (χ0v) is 19.6. The number of halogens is 1. The van der Waals surface area contributed by atoms with E-state index in [1.54, 1.807) is 24.2 Å². The van der Waals surface area contributed by atoms with Gasteiger partial charge in [0.2, 0.25) is 5.91 Å². The minimum Gasteiger partial charge on any atom is -0.368 e. The Labute approximate surface area is 196 Å². The summed E-state index contributed by atoms with van der Waals surface area (Å²) in [5.74, 6) is 0.499. The zero-order chi connectivity index (χ0) is 21.6. The summed E-state index contributed by atoms with van der Waals surface area (Å²) < 4.78 is 0. The largest absolute Gasteiger partial charge is 0.368 e. The number of anilines is 1. The Hall–Kier alpha value is -2.22. The van der Waals surface area contributed by atoms with Crippen LogP contribution in [0.25, 0.3) is 0 Å². The number of benzene rings is 2. The molecule has 0 saturated carbocycles. The summed E-state index contributed by atoms with van der Waals surface area (Å²) in [6.07, 6.45) is 3.38. The number of aromatic nitrogens is 2. The maximum atomic E-state index is 12.8. The number of rotatable bonds is 6. The SMILES string of the molecule is Cc1ccccc1Sc1nccnc1SCC(=O)N1CCN(c2ccc(Cl)cc2)CC1. The van der Waals surface area contributed by atoms with Gasteiger partial charge in [-0.3, -0.25) is 4.79 Å². The Kier molecular flexibility index (Phi) is 7.37. The number of nitrogens with zero attached hydrogens (tertiary/aromatic N) is 4. The van der Waals surface area contributed by atoms with Gasteiger partial charge in [-0.05, 0) is 42.8 Å². The van der Waals surface area contributed by atoms with E-state index in [1.807, 2.05) is 41.3 Å². The second-order valence-corrected chi connectivity index (χ2v) is 9.60. The summed E-state index contributed by atoms with van der Waals surface area (Å²) in [4.78, 5) is 27.1. The van der Waals surface area contributed by atoms with Crippen LogP contribution in [0.2, 0.25) is 5.02 Å². The topological polar surface area (TPSA) is 49.3 Å².